The number of likely N-dealkylation sites (tertiary alicyclic amines) is 1. The zero-order valence-electron chi connectivity index (χ0n) is 16.6. The lowest BCUT2D eigenvalue weighted by Crippen LogP contribution is -2.46. The summed E-state index contributed by atoms with van der Waals surface area (Å²) in [5.41, 5.74) is 0. The van der Waals surface area contributed by atoms with Crippen molar-refractivity contribution in [3.63, 3.8) is 0 Å². The third-order valence-electron chi connectivity index (χ3n) is 6.02. The molecule has 0 aromatic heterocycles. The lowest BCUT2D eigenvalue weighted by Gasteiger charge is -2.36. The molecule has 0 bridgehead atoms. The highest BCUT2D eigenvalue weighted by molar-refractivity contribution is 5.88. The minimum atomic E-state index is 0.0781. The highest BCUT2D eigenvalue weighted by Crippen LogP contribution is 2.22. The van der Waals surface area contributed by atoms with Crippen molar-refractivity contribution in [2.75, 3.05) is 52.4 Å². The van der Waals surface area contributed by atoms with Crippen molar-refractivity contribution in [3.8, 4) is 0 Å². The number of amides is 1. The number of carbonyl (C=O) groups is 2. The molecular weight excluding hydrogens is 326 g/mol. The summed E-state index contributed by atoms with van der Waals surface area (Å²) in [6.07, 6.45) is 7.64. The number of piperazine rings is 1. The maximum atomic E-state index is 12.3. The number of likely N-dealkylation sites (N-methyl/N-ethyl adjacent to an activating group) is 1. The Hall–Kier alpha value is -1.20. The topological polar surface area (TPSA) is 43.9 Å². The molecule has 148 valence electrons. The van der Waals surface area contributed by atoms with E-state index in [4.69, 9.17) is 0 Å². The van der Waals surface area contributed by atoms with Gasteiger partial charge in [-0.3, -0.25) is 9.59 Å². The maximum Gasteiger partial charge on any atom is 0.222 e. The minimum absolute atomic E-state index is 0.0781. The van der Waals surface area contributed by atoms with Crippen molar-refractivity contribution >= 4 is 11.7 Å². The van der Waals surface area contributed by atoms with Gasteiger partial charge in [0.25, 0.3) is 0 Å². The van der Waals surface area contributed by atoms with Gasteiger partial charge in [-0.05, 0) is 57.2 Å². The van der Waals surface area contributed by atoms with Gasteiger partial charge in [-0.15, -0.1) is 0 Å². The summed E-state index contributed by atoms with van der Waals surface area (Å²) in [5.74, 6) is 1.12. The van der Waals surface area contributed by atoms with Crippen LogP contribution in [0.3, 0.4) is 0 Å². The third-order valence-corrected chi connectivity index (χ3v) is 6.02. The van der Waals surface area contributed by atoms with Crippen LogP contribution in [-0.2, 0) is 9.59 Å². The molecule has 2 heterocycles. The summed E-state index contributed by atoms with van der Waals surface area (Å²) in [6.45, 7) is 14.8. The van der Waals surface area contributed by atoms with Crippen LogP contribution in [0.4, 0.5) is 0 Å². The van der Waals surface area contributed by atoms with E-state index in [2.05, 4.69) is 23.3 Å². The second-order valence-corrected chi connectivity index (χ2v) is 7.77. The third kappa shape index (κ3) is 7.20. The van der Waals surface area contributed by atoms with Gasteiger partial charge in [0.15, 0.2) is 5.78 Å². The van der Waals surface area contributed by atoms with E-state index >= 15 is 0 Å². The van der Waals surface area contributed by atoms with E-state index in [-0.39, 0.29) is 11.7 Å². The first-order valence-electron chi connectivity index (χ1n) is 10.5. The fourth-order valence-electron chi connectivity index (χ4n) is 4.00. The van der Waals surface area contributed by atoms with E-state index in [9.17, 15) is 9.59 Å². The van der Waals surface area contributed by atoms with Gasteiger partial charge in [0.05, 0.1) is 0 Å². The fraction of sp³-hybridized carbons (Fsp3) is 0.810. The molecule has 2 rings (SSSR count). The second-order valence-electron chi connectivity index (χ2n) is 7.77. The summed E-state index contributed by atoms with van der Waals surface area (Å²) in [5, 5.41) is 0. The van der Waals surface area contributed by atoms with Crippen molar-refractivity contribution in [2.45, 2.75) is 51.9 Å². The van der Waals surface area contributed by atoms with E-state index in [0.29, 0.717) is 12.8 Å². The van der Waals surface area contributed by atoms with E-state index < -0.39 is 0 Å². The zero-order valence-corrected chi connectivity index (χ0v) is 16.6. The second kappa shape index (κ2) is 11.5. The highest BCUT2D eigenvalue weighted by atomic mass is 16.2. The van der Waals surface area contributed by atoms with Crippen LogP contribution in [0, 0.1) is 5.92 Å². The lowest BCUT2D eigenvalue weighted by atomic mass is 9.93. The van der Waals surface area contributed by atoms with E-state index in [1.807, 2.05) is 4.90 Å². The molecular formula is C21H37N3O2. The molecule has 0 spiro atoms. The predicted molar refractivity (Wildman–Crippen MR) is 106 cm³/mol. The molecule has 5 nitrogen and oxygen atoms in total. The van der Waals surface area contributed by atoms with Crippen LogP contribution < -0.4 is 0 Å². The Bertz CT molecular complexity index is 450. The van der Waals surface area contributed by atoms with Crippen LogP contribution in [0.25, 0.3) is 0 Å². The summed E-state index contributed by atoms with van der Waals surface area (Å²) >= 11 is 0. The molecule has 0 aromatic carbocycles. The largest absolute Gasteiger partial charge is 0.343 e. The Kier molecular flexibility index (Phi) is 9.33. The Morgan fingerprint density at radius 1 is 0.962 bits per heavy atom. The van der Waals surface area contributed by atoms with Gasteiger partial charge in [0.2, 0.25) is 5.91 Å². The van der Waals surface area contributed by atoms with Crippen LogP contribution in [0.1, 0.15) is 51.9 Å². The summed E-state index contributed by atoms with van der Waals surface area (Å²) in [6, 6.07) is 0. The first kappa shape index (κ1) is 21.1. The molecule has 2 aliphatic heterocycles. The Balaban J connectivity index is 1.55. The molecule has 0 aromatic rings. The number of hydrogen-bond acceptors (Lipinski definition) is 4. The van der Waals surface area contributed by atoms with Crippen molar-refractivity contribution in [1.29, 1.82) is 0 Å². The molecule has 5 heteroatoms. The average Bonchev–Trinajstić information content (AvgIpc) is 2.70. The number of allylic oxidation sites excluding steroid dienone is 1. The number of carbonyl (C=O) groups excluding carboxylic acids is 2. The van der Waals surface area contributed by atoms with Gasteiger partial charge in [-0.25, -0.2) is 0 Å². The van der Waals surface area contributed by atoms with E-state index in [0.717, 1.165) is 44.7 Å². The molecule has 1 amide bonds. The summed E-state index contributed by atoms with van der Waals surface area (Å²) in [7, 11) is 0. The molecule has 2 saturated heterocycles. The molecule has 0 N–H and O–H groups in total. The fourth-order valence-corrected chi connectivity index (χ4v) is 4.00. The Morgan fingerprint density at radius 2 is 1.58 bits per heavy atom. The van der Waals surface area contributed by atoms with Gasteiger partial charge < -0.3 is 14.7 Å². The quantitative estimate of drug-likeness (QED) is 0.442. The van der Waals surface area contributed by atoms with E-state index in [1.165, 1.54) is 51.8 Å². The zero-order chi connectivity index (χ0) is 18.8. The average molecular weight is 364 g/mol. The van der Waals surface area contributed by atoms with Crippen LogP contribution in [-0.4, -0.2) is 78.7 Å². The molecule has 0 aliphatic carbocycles. The maximum absolute atomic E-state index is 12.3. The van der Waals surface area contributed by atoms with Gasteiger partial charge >= 0.3 is 0 Å². The number of unbranched alkanes of at least 4 members (excludes halogenated alkanes) is 1. The van der Waals surface area contributed by atoms with Crippen molar-refractivity contribution < 1.29 is 9.59 Å². The number of hydrogen-bond donors (Lipinski definition) is 0. The van der Waals surface area contributed by atoms with Gasteiger partial charge in [-0.1, -0.05) is 13.5 Å². The SMILES string of the molecule is C=CC(=O)CCCCC(=O)N1CCC(CCN2CCN(CC)CC2)CC1. The van der Waals surface area contributed by atoms with Gasteiger partial charge in [0.1, 0.15) is 0 Å². The predicted octanol–water partition coefficient (Wildman–Crippen LogP) is 2.57. The molecule has 0 unspecified atom stereocenters. The number of nitrogens with zero attached hydrogens (tertiary/aromatic N) is 3. The lowest BCUT2D eigenvalue weighted by molar-refractivity contribution is -0.132. The molecule has 2 aliphatic rings. The molecule has 26 heavy (non-hydrogen) atoms. The molecule has 2 fully saturated rings. The van der Waals surface area contributed by atoms with Gasteiger partial charge in [0, 0.05) is 52.1 Å². The number of rotatable bonds is 10. The first-order chi connectivity index (χ1) is 12.6. The van der Waals surface area contributed by atoms with Crippen molar-refractivity contribution in [3.05, 3.63) is 12.7 Å². The Labute approximate surface area is 159 Å². The van der Waals surface area contributed by atoms with Crippen molar-refractivity contribution in [1.82, 2.24) is 14.7 Å². The Morgan fingerprint density at radius 3 is 2.19 bits per heavy atom. The molecule has 0 atom stereocenters. The number of piperidine rings is 1. The monoisotopic (exact) mass is 363 g/mol. The molecule has 0 saturated carbocycles. The van der Waals surface area contributed by atoms with Gasteiger partial charge in [-0.2, -0.15) is 0 Å². The van der Waals surface area contributed by atoms with Crippen LogP contribution >= 0.6 is 0 Å². The first-order valence-corrected chi connectivity index (χ1v) is 10.5. The van der Waals surface area contributed by atoms with Crippen LogP contribution in [0.5, 0.6) is 0 Å². The summed E-state index contributed by atoms with van der Waals surface area (Å²) < 4.78 is 0. The smallest absolute Gasteiger partial charge is 0.222 e. The highest BCUT2D eigenvalue weighted by Gasteiger charge is 2.23. The van der Waals surface area contributed by atoms with Crippen molar-refractivity contribution in [2.24, 2.45) is 5.92 Å². The number of ketones is 1. The molecule has 0 radical (unpaired) electrons. The minimum Gasteiger partial charge on any atom is -0.343 e. The van der Waals surface area contributed by atoms with Crippen LogP contribution in [0.15, 0.2) is 12.7 Å². The normalized spacial score (nSPS) is 20.3. The standard InChI is InChI=1S/C21H37N3O2/c1-3-20(25)7-5-6-8-21(26)24-13-10-19(11-14-24)9-12-23-17-15-22(4-2)16-18-23/h3,19H,1,4-18H2,2H3. The van der Waals surface area contributed by atoms with E-state index in [1.54, 1.807) is 0 Å². The van der Waals surface area contributed by atoms with Crippen LogP contribution in [0.2, 0.25) is 0 Å². The summed E-state index contributed by atoms with van der Waals surface area (Å²) in [4.78, 5) is 30.6.